The molecule has 1 unspecified atom stereocenters. The fourth-order valence-electron chi connectivity index (χ4n) is 3.84. The molecule has 4 aromatic rings. The number of rotatable bonds is 8. The number of halogens is 3. The number of fused-ring (bicyclic) bond motifs is 1. The van der Waals surface area contributed by atoms with Gasteiger partial charge < -0.3 is 19.2 Å². The van der Waals surface area contributed by atoms with E-state index in [9.17, 15) is 13.2 Å². The van der Waals surface area contributed by atoms with E-state index < -0.39 is 18.4 Å². The van der Waals surface area contributed by atoms with Crippen molar-refractivity contribution in [2.24, 2.45) is 0 Å². The van der Waals surface area contributed by atoms with Crippen molar-refractivity contribution in [1.29, 1.82) is 0 Å². The first-order valence-electron chi connectivity index (χ1n) is 10.9. The first-order chi connectivity index (χ1) is 17.0. The molecule has 182 valence electrons. The Morgan fingerprint density at radius 1 is 1.09 bits per heavy atom. The first kappa shape index (κ1) is 22.8. The molecule has 12 heteroatoms. The van der Waals surface area contributed by atoms with Crippen LogP contribution in [0.3, 0.4) is 0 Å². The van der Waals surface area contributed by atoms with Gasteiger partial charge >= 0.3 is 6.43 Å². The van der Waals surface area contributed by atoms with Gasteiger partial charge in [-0.1, -0.05) is 6.07 Å². The van der Waals surface area contributed by atoms with E-state index in [4.69, 9.17) is 13.9 Å². The van der Waals surface area contributed by atoms with E-state index in [0.29, 0.717) is 49.2 Å². The predicted molar refractivity (Wildman–Crippen MR) is 116 cm³/mol. The summed E-state index contributed by atoms with van der Waals surface area (Å²) < 4.78 is 57.7. The molecule has 0 saturated carbocycles. The number of hydrogen-bond acceptors (Lipinski definition) is 8. The van der Waals surface area contributed by atoms with Crippen molar-refractivity contribution in [3.8, 4) is 17.2 Å². The van der Waals surface area contributed by atoms with Crippen molar-refractivity contribution >= 4 is 0 Å². The molecule has 0 radical (unpaired) electrons. The molecule has 5 rings (SSSR count). The molecule has 2 aromatic heterocycles. The van der Waals surface area contributed by atoms with Gasteiger partial charge in [0.2, 0.25) is 0 Å². The molecule has 1 N–H and O–H groups in total. The molecule has 3 heterocycles. The Morgan fingerprint density at radius 3 is 2.71 bits per heavy atom. The minimum atomic E-state index is -2.87. The molecule has 1 aliphatic heterocycles. The topological polar surface area (TPSA) is 100 Å². The summed E-state index contributed by atoms with van der Waals surface area (Å²) in [7, 11) is 0. The van der Waals surface area contributed by atoms with Crippen molar-refractivity contribution in [3.05, 3.63) is 77.0 Å². The second-order valence-corrected chi connectivity index (χ2v) is 7.90. The summed E-state index contributed by atoms with van der Waals surface area (Å²) in [4.78, 5) is 3.94. The predicted octanol–water partition coefficient (Wildman–Crippen LogP) is 3.73. The largest absolute Gasteiger partial charge is 0.486 e. The van der Waals surface area contributed by atoms with E-state index >= 15 is 0 Å². The highest BCUT2D eigenvalue weighted by Crippen LogP contribution is 2.33. The van der Waals surface area contributed by atoms with Gasteiger partial charge in [0.1, 0.15) is 37.0 Å². The van der Waals surface area contributed by atoms with Gasteiger partial charge in [0, 0.05) is 12.6 Å². The lowest BCUT2D eigenvalue weighted by Gasteiger charge is -2.20. The molecular formula is C23H21F3N6O3. The molecule has 0 aliphatic carbocycles. The third-order valence-electron chi connectivity index (χ3n) is 5.60. The van der Waals surface area contributed by atoms with E-state index in [0.717, 1.165) is 17.4 Å². The van der Waals surface area contributed by atoms with E-state index in [1.54, 1.807) is 24.3 Å². The van der Waals surface area contributed by atoms with E-state index in [2.05, 4.69) is 25.8 Å². The normalized spacial score (nSPS) is 13.9. The third-order valence-corrected chi connectivity index (χ3v) is 5.60. The fraction of sp³-hybridized carbons (Fsp3) is 0.304. The van der Waals surface area contributed by atoms with Gasteiger partial charge in [0.15, 0.2) is 17.3 Å². The Hall–Kier alpha value is -3.93. The second-order valence-electron chi connectivity index (χ2n) is 7.90. The summed E-state index contributed by atoms with van der Waals surface area (Å²) in [5.74, 6) is 0.413. The van der Waals surface area contributed by atoms with Crippen LogP contribution in [0.2, 0.25) is 0 Å². The van der Waals surface area contributed by atoms with Crippen molar-refractivity contribution < 1.29 is 27.1 Å². The highest BCUT2D eigenvalue weighted by molar-refractivity contribution is 5.49. The van der Waals surface area contributed by atoms with Crippen LogP contribution in [0, 0.1) is 12.7 Å². The molecule has 0 spiro atoms. The van der Waals surface area contributed by atoms with Gasteiger partial charge in [-0.15, -0.1) is 5.10 Å². The van der Waals surface area contributed by atoms with Crippen LogP contribution in [-0.4, -0.2) is 44.9 Å². The number of tetrazole rings is 1. The SMILES string of the molecule is Cc1ccc(F)cc1CCNC(c1coc(C(F)F)n1)c1nnnn1-c1ccc2c(c1)OCCO2. The monoisotopic (exact) mass is 486 g/mol. The highest BCUT2D eigenvalue weighted by atomic mass is 19.3. The average molecular weight is 486 g/mol. The zero-order chi connectivity index (χ0) is 24.4. The molecule has 0 fully saturated rings. The van der Waals surface area contributed by atoms with E-state index in [-0.39, 0.29) is 11.5 Å². The smallest absolute Gasteiger partial charge is 0.313 e. The number of aryl methyl sites for hydroxylation is 1. The summed E-state index contributed by atoms with van der Waals surface area (Å²) in [5.41, 5.74) is 2.52. The van der Waals surface area contributed by atoms with Crippen molar-refractivity contribution in [2.75, 3.05) is 19.8 Å². The van der Waals surface area contributed by atoms with Crippen LogP contribution >= 0.6 is 0 Å². The minimum absolute atomic E-state index is 0.185. The van der Waals surface area contributed by atoms with Crippen LogP contribution in [-0.2, 0) is 6.42 Å². The molecule has 0 bridgehead atoms. The number of nitrogens with zero attached hydrogens (tertiary/aromatic N) is 5. The van der Waals surface area contributed by atoms with Gasteiger partial charge in [-0.2, -0.15) is 13.5 Å². The third kappa shape index (κ3) is 4.83. The zero-order valence-electron chi connectivity index (χ0n) is 18.6. The summed E-state index contributed by atoms with van der Waals surface area (Å²) in [6.45, 7) is 3.12. The molecule has 35 heavy (non-hydrogen) atoms. The maximum atomic E-state index is 13.7. The zero-order valence-corrected chi connectivity index (χ0v) is 18.6. The van der Waals surface area contributed by atoms with Gasteiger partial charge in [-0.25, -0.2) is 9.37 Å². The Kier molecular flexibility index (Phi) is 6.36. The fourth-order valence-corrected chi connectivity index (χ4v) is 3.84. The van der Waals surface area contributed by atoms with Crippen LogP contribution in [0.5, 0.6) is 11.5 Å². The van der Waals surface area contributed by atoms with Gasteiger partial charge in [0.25, 0.3) is 5.89 Å². The summed E-state index contributed by atoms with van der Waals surface area (Å²) >= 11 is 0. The maximum Gasteiger partial charge on any atom is 0.313 e. The number of hydrogen-bond donors (Lipinski definition) is 1. The molecule has 9 nitrogen and oxygen atoms in total. The van der Waals surface area contributed by atoms with Gasteiger partial charge in [-0.05, 0) is 59.2 Å². The Morgan fingerprint density at radius 2 is 1.91 bits per heavy atom. The van der Waals surface area contributed by atoms with Gasteiger partial charge in [-0.3, -0.25) is 0 Å². The number of ether oxygens (including phenoxy) is 2. The Balaban J connectivity index is 1.45. The van der Waals surface area contributed by atoms with Crippen LogP contribution < -0.4 is 14.8 Å². The van der Waals surface area contributed by atoms with Crippen LogP contribution in [0.15, 0.2) is 47.1 Å². The molecule has 2 aromatic carbocycles. The van der Waals surface area contributed by atoms with Gasteiger partial charge in [0.05, 0.1) is 5.69 Å². The summed E-state index contributed by atoms with van der Waals surface area (Å²) in [5, 5.41) is 15.2. The maximum absolute atomic E-state index is 13.7. The molecule has 0 saturated heterocycles. The number of oxazole rings is 1. The first-order valence-corrected chi connectivity index (χ1v) is 10.9. The summed E-state index contributed by atoms with van der Waals surface area (Å²) in [6.07, 6.45) is -1.24. The Bertz CT molecular complexity index is 1330. The van der Waals surface area contributed by atoms with Crippen LogP contribution in [0.25, 0.3) is 5.69 Å². The average Bonchev–Trinajstić information content (AvgIpc) is 3.54. The van der Waals surface area contributed by atoms with E-state index in [1.165, 1.54) is 16.8 Å². The number of alkyl halides is 2. The quantitative estimate of drug-likeness (QED) is 0.402. The lowest BCUT2D eigenvalue weighted by molar-refractivity contribution is 0.115. The number of nitrogens with one attached hydrogen (secondary N) is 1. The molecule has 0 amide bonds. The standard InChI is InChI=1S/C23H21F3N6O3/c1-13-2-3-15(24)10-14(13)6-7-27-20(17-12-35-23(28-17)21(25)26)22-29-30-31-32(22)16-4-5-18-19(11-16)34-9-8-33-18/h2-5,10-12,20-21,27H,6-9H2,1H3. The highest BCUT2D eigenvalue weighted by Gasteiger charge is 2.27. The Labute approximate surface area is 197 Å². The van der Waals surface area contributed by atoms with Crippen LogP contribution in [0.4, 0.5) is 13.2 Å². The van der Waals surface area contributed by atoms with Crippen molar-refractivity contribution in [3.63, 3.8) is 0 Å². The van der Waals surface area contributed by atoms with Crippen LogP contribution in [0.1, 0.15) is 41.0 Å². The van der Waals surface area contributed by atoms with Crippen molar-refractivity contribution in [2.45, 2.75) is 25.8 Å². The lowest BCUT2D eigenvalue weighted by atomic mass is 10.1. The number of aromatic nitrogens is 5. The van der Waals surface area contributed by atoms with E-state index in [1.807, 2.05) is 6.92 Å². The molecule has 1 atom stereocenters. The summed E-state index contributed by atoms with van der Waals surface area (Å²) in [6, 6.07) is 9.02. The minimum Gasteiger partial charge on any atom is -0.486 e. The van der Waals surface area contributed by atoms with Crippen molar-refractivity contribution in [1.82, 2.24) is 30.5 Å². The molecule has 1 aliphatic rings. The lowest BCUT2D eigenvalue weighted by Crippen LogP contribution is -2.28. The number of benzene rings is 2. The molecular weight excluding hydrogens is 465 g/mol. The second kappa shape index (κ2) is 9.74.